The molecule has 2 atom stereocenters. The molecule has 6 nitrogen and oxygen atoms in total. The number of carbonyl (C=O) groups is 1. The molecule has 2 aliphatic carbocycles. The largest absolute Gasteiger partial charge is 0.361 e. The lowest BCUT2D eigenvalue weighted by atomic mass is 9.72. The number of nitrogens with one attached hydrogen (secondary N) is 2. The number of para-hydroxylation sites is 2. The Morgan fingerprint density at radius 2 is 1.87 bits per heavy atom. The summed E-state index contributed by atoms with van der Waals surface area (Å²) in [7, 11) is 0. The van der Waals surface area contributed by atoms with Crippen LogP contribution in [0.1, 0.15) is 53.0 Å². The van der Waals surface area contributed by atoms with Gasteiger partial charge in [0.1, 0.15) is 0 Å². The Balaban J connectivity index is 1.14. The molecule has 6 rings (SSSR count). The van der Waals surface area contributed by atoms with Gasteiger partial charge in [0.05, 0.1) is 11.0 Å². The number of likely N-dealkylation sites (tertiary alicyclic amines) is 1. The lowest BCUT2D eigenvalue weighted by Gasteiger charge is -2.40. The molecule has 0 spiro atoms. The molecule has 1 saturated heterocycles. The fraction of sp³-hybridized carbons (Fsp3) is 0.520. The summed E-state index contributed by atoms with van der Waals surface area (Å²) in [5.41, 5.74) is 6.79. The summed E-state index contributed by atoms with van der Waals surface area (Å²) in [6.45, 7) is 3.55. The van der Waals surface area contributed by atoms with Crippen LogP contribution in [0, 0.1) is 11.8 Å². The zero-order valence-corrected chi connectivity index (χ0v) is 18.0. The van der Waals surface area contributed by atoms with Crippen LogP contribution in [-0.4, -0.2) is 44.9 Å². The molecular weight excluding hydrogens is 388 g/mol. The lowest BCUT2D eigenvalue weighted by Crippen LogP contribution is -2.47. The van der Waals surface area contributed by atoms with E-state index >= 15 is 0 Å². The summed E-state index contributed by atoms with van der Waals surface area (Å²) in [6.07, 6.45) is 7.65. The number of hydrogen-bond acceptors (Lipinski definition) is 3. The third kappa shape index (κ3) is 3.19. The predicted octanol–water partition coefficient (Wildman–Crippen LogP) is 3.30. The summed E-state index contributed by atoms with van der Waals surface area (Å²) in [4.78, 5) is 34.8. The number of aromatic nitrogens is 3. The van der Waals surface area contributed by atoms with Crippen molar-refractivity contribution in [3.8, 4) is 0 Å². The minimum Gasteiger partial charge on any atom is -0.361 e. The molecule has 3 aliphatic rings. The first-order chi connectivity index (χ1) is 15.2. The van der Waals surface area contributed by atoms with E-state index in [-0.39, 0.29) is 11.6 Å². The van der Waals surface area contributed by atoms with Crippen LogP contribution in [0.25, 0.3) is 11.0 Å². The monoisotopic (exact) mass is 418 g/mol. The van der Waals surface area contributed by atoms with E-state index in [2.05, 4.69) is 14.9 Å². The zero-order valence-electron chi connectivity index (χ0n) is 18.0. The maximum atomic E-state index is 13.5. The van der Waals surface area contributed by atoms with Crippen LogP contribution in [0.3, 0.4) is 0 Å². The topological polar surface area (TPSA) is 73.9 Å². The van der Waals surface area contributed by atoms with Crippen LogP contribution in [0.5, 0.6) is 0 Å². The molecular formula is C25H30N4O2. The lowest BCUT2D eigenvalue weighted by molar-refractivity contribution is 0.0656. The third-order valence-corrected chi connectivity index (χ3v) is 7.80. The summed E-state index contributed by atoms with van der Waals surface area (Å²) < 4.78 is 1.84. The van der Waals surface area contributed by atoms with Gasteiger partial charge in [-0.15, -0.1) is 0 Å². The Morgan fingerprint density at radius 3 is 2.81 bits per heavy atom. The first kappa shape index (κ1) is 19.1. The Bertz CT molecular complexity index is 1200. The van der Waals surface area contributed by atoms with E-state index < -0.39 is 0 Å². The molecule has 1 aromatic carbocycles. The SMILES string of the molecule is O=C1c2c([nH]c3c2CCCC3)C[C@@H]2CCN(CCCn3c(=O)[nH]c4ccccc43)C[C@@H]12. The predicted molar refractivity (Wildman–Crippen MR) is 121 cm³/mol. The van der Waals surface area contributed by atoms with E-state index in [1.165, 1.54) is 29.8 Å². The highest BCUT2D eigenvalue weighted by Gasteiger charge is 2.41. The number of piperidine rings is 1. The van der Waals surface area contributed by atoms with E-state index in [0.717, 1.165) is 68.3 Å². The highest BCUT2D eigenvalue weighted by molar-refractivity contribution is 6.02. The number of aromatic amines is 2. The molecule has 0 saturated carbocycles. The van der Waals surface area contributed by atoms with Gasteiger partial charge < -0.3 is 14.9 Å². The quantitative estimate of drug-likeness (QED) is 0.683. The van der Waals surface area contributed by atoms with Gasteiger partial charge in [-0.3, -0.25) is 9.36 Å². The van der Waals surface area contributed by atoms with Gasteiger partial charge in [0.2, 0.25) is 0 Å². The number of ketones is 1. The molecule has 3 aromatic rings. The molecule has 31 heavy (non-hydrogen) atoms. The summed E-state index contributed by atoms with van der Waals surface area (Å²) in [5.74, 6) is 1.01. The van der Waals surface area contributed by atoms with Crippen LogP contribution < -0.4 is 5.69 Å². The number of nitrogens with zero attached hydrogens (tertiary/aromatic N) is 2. The van der Waals surface area contributed by atoms with Crippen LogP contribution in [-0.2, 0) is 25.8 Å². The molecule has 6 heteroatoms. The summed E-state index contributed by atoms with van der Waals surface area (Å²) in [6, 6.07) is 7.86. The van der Waals surface area contributed by atoms with Crippen molar-refractivity contribution in [2.75, 3.05) is 19.6 Å². The second-order valence-electron chi connectivity index (χ2n) is 9.62. The maximum absolute atomic E-state index is 13.5. The number of hydrogen-bond donors (Lipinski definition) is 2. The van der Waals surface area contributed by atoms with E-state index in [1.807, 2.05) is 28.8 Å². The van der Waals surface area contributed by atoms with Gasteiger partial charge >= 0.3 is 5.69 Å². The van der Waals surface area contributed by atoms with Crippen LogP contribution in [0.4, 0.5) is 0 Å². The molecule has 1 aliphatic heterocycles. The third-order valence-electron chi connectivity index (χ3n) is 7.80. The summed E-state index contributed by atoms with van der Waals surface area (Å²) >= 11 is 0. The number of aryl methyl sites for hydroxylation is 2. The number of H-pyrrole nitrogens is 2. The zero-order chi connectivity index (χ0) is 20.9. The Hall–Kier alpha value is -2.60. The van der Waals surface area contributed by atoms with E-state index in [0.29, 0.717) is 18.2 Å². The van der Waals surface area contributed by atoms with Gasteiger partial charge in [-0.1, -0.05) is 12.1 Å². The van der Waals surface area contributed by atoms with Gasteiger partial charge in [0.15, 0.2) is 5.78 Å². The molecule has 2 aromatic heterocycles. The van der Waals surface area contributed by atoms with Crippen LogP contribution in [0.15, 0.2) is 29.1 Å². The maximum Gasteiger partial charge on any atom is 0.326 e. The minimum absolute atomic E-state index is 0.0351. The minimum atomic E-state index is -0.0351. The number of carbonyl (C=O) groups excluding carboxylic acids is 1. The van der Waals surface area contributed by atoms with E-state index in [1.54, 1.807) is 0 Å². The molecule has 162 valence electrons. The van der Waals surface area contributed by atoms with Gasteiger partial charge in [-0.05, 0) is 81.6 Å². The fourth-order valence-corrected chi connectivity index (χ4v) is 6.24. The van der Waals surface area contributed by atoms with Crippen LogP contribution >= 0.6 is 0 Å². The highest BCUT2D eigenvalue weighted by Crippen LogP contribution is 2.39. The second-order valence-corrected chi connectivity index (χ2v) is 9.62. The van der Waals surface area contributed by atoms with Gasteiger partial charge in [0, 0.05) is 36.0 Å². The first-order valence-electron chi connectivity index (χ1n) is 11.9. The van der Waals surface area contributed by atoms with Crippen molar-refractivity contribution in [1.29, 1.82) is 0 Å². The molecule has 2 N–H and O–H groups in total. The van der Waals surface area contributed by atoms with Crippen molar-refractivity contribution in [3.05, 3.63) is 57.3 Å². The molecule has 1 fully saturated rings. The molecule has 0 amide bonds. The van der Waals surface area contributed by atoms with Crippen molar-refractivity contribution in [1.82, 2.24) is 19.4 Å². The standard InChI is InChI=1S/C25H30N4O2/c30-24-18-15-28(11-5-12-29-22-9-4-3-8-20(22)27-25(29)31)13-10-16(18)14-21-23(24)17-6-1-2-7-19(17)26-21/h3-4,8-9,16,18,26H,1-2,5-7,10-15H2,(H,27,31)/t16-,18+/m0/s1. The van der Waals surface area contributed by atoms with E-state index in [4.69, 9.17) is 0 Å². The number of benzene rings is 1. The van der Waals surface area contributed by atoms with Gasteiger partial charge in [0.25, 0.3) is 0 Å². The number of rotatable bonds is 4. The second kappa shape index (κ2) is 7.52. The van der Waals surface area contributed by atoms with Crippen molar-refractivity contribution in [3.63, 3.8) is 0 Å². The first-order valence-corrected chi connectivity index (χ1v) is 11.9. The normalized spacial score (nSPS) is 23.5. The van der Waals surface area contributed by atoms with Gasteiger partial charge in [-0.25, -0.2) is 4.79 Å². The Kier molecular flexibility index (Phi) is 4.64. The van der Waals surface area contributed by atoms with E-state index in [9.17, 15) is 9.59 Å². The average Bonchev–Trinajstić information content (AvgIpc) is 3.31. The highest BCUT2D eigenvalue weighted by atomic mass is 16.1. The fourth-order valence-electron chi connectivity index (χ4n) is 6.24. The van der Waals surface area contributed by atoms with Gasteiger partial charge in [-0.2, -0.15) is 0 Å². The average molecular weight is 419 g/mol. The Morgan fingerprint density at radius 1 is 1.00 bits per heavy atom. The van der Waals surface area contributed by atoms with Crippen molar-refractivity contribution >= 4 is 16.8 Å². The number of imidazole rings is 1. The van der Waals surface area contributed by atoms with Crippen molar-refractivity contribution in [2.45, 2.75) is 51.5 Å². The number of Topliss-reactive ketones (excluding diaryl/α,β-unsaturated/α-hetero) is 1. The van der Waals surface area contributed by atoms with Crippen molar-refractivity contribution in [2.24, 2.45) is 11.8 Å². The summed E-state index contributed by atoms with van der Waals surface area (Å²) in [5, 5.41) is 0. The molecule has 0 radical (unpaired) electrons. The molecule has 0 bridgehead atoms. The Labute approximate surface area is 181 Å². The molecule has 0 unspecified atom stereocenters. The number of fused-ring (bicyclic) bond motifs is 5. The smallest absolute Gasteiger partial charge is 0.326 e. The molecule has 3 heterocycles. The van der Waals surface area contributed by atoms with Crippen molar-refractivity contribution < 1.29 is 4.79 Å². The van der Waals surface area contributed by atoms with Crippen LogP contribution in [0.2, 0.25) is 0 Å².